The van der Waals surface area contributed by atoms with Crippen LogP contribution in [0.2, 0.25) is 0 Å². The van der Waals surface area contributed by atoms with Crippen molar-refractivity contribution < 1.29 is 13.3 Å². The van der Waals surface area contributed by atoms with Crippen LogP contribution in [0, 0.1) is 3.57 Å². The quantitative estimate of drug-likeness (QED) is 0.510. The van der Waals surface area contributed by atoms with Crippen molar-refractivity contribution in [2.45, 2.75) is 0 Å². The highest BCUT2D eigenvalue weighted by Gasteiger charge is 2.07. The first-order chi connectivity index (χ1) is 11.1. The molecule has 0 spiro atoms. The van der Waals surface area contributed by atoms with E-state index < -0.39 is 21.2 Å². The Balaban J connectivity index is 2.02. The smallest absolute Gasteiger partial charge is 0.182 e. The molecule has 0 amide bonds. The molecule has 2 aromatic carbocycles. The molecule has 0 atom stereocenters. The topological polar surface area (TPSA) is 70.4 Å². The molecular weight excluding hydrogens is 473 g/mol. The lowest BCUT2D eigenvalue weighted by atomic mass is 10.1. The zero-order valence-electron chi connectivity index (χ0n) is 11.7. The van der Waals surface area contributed by atoms with Crippen LogP contribution in [0.4, 0.5) is 0 Å². The van der Waals surface area contributed by atoms with Crippen LogP contribution in [0.1, 0.15) is 11.3 Å². The minimum Gasteiger partial charge on any atom is -0.506 e. The first-order valence-electron chi connectivity index (χ1n) is 6.65. The van der Waals surface area contributed by atoms with Crippen molar-refractivity contribution in [1.82, 2.24) is 4.98 Å². The summed E-state index contributed by atoms with van der Waals surface area (Å²) in [5.74, 6) is 0.215. The number of pyridine rings is 1. The van der Waals surface area contributed by atoms with Crippen LogP contribution in [0.25, 0.3) is 23.1 Å². The fourth-order valence-electron chi connectivity index (χ4n) is 2.17. The summed E-state index contributed by atoms with van der Waals surface area (Å²) in [6.07, 6.45) is 3.44. The SMILES string of the molecule is O=Ic1cc(Br)c(O)c(/C=C/c2ccc3cccc(O)c3n2)c1. The Hall–Kier alpha value is -1.80. The molecule has 4 nitrogen and oxygen atoms in total. The van der Waals surface area contributed by atoms with Crippen molar-refractivity contribution in [2.24, 2.45) is 0 Å². The number of aromatic nitrogens is 1. The van der Waals surface area contributed by atoms with Crippen LogP contribution < -0.4 is 0 Å². The predicted molar refractivity (Wildman–Crippen MR) is 102 cm³/mol. The largest absolute Gasteiger partial charge is 0.506 e. The Morgan fingerprint density at radius 2 is 1.91 bits per heavy atom. The molecule has 3 aromatic rings. The average Bonchev–Trinajstić information content (AvgIpc) is 2.56. The summed E-state index contributed by atoms with van der Waals surface area (Å²) in [5, 5.41) is 20.8. The van der Waals surface area contributed by atoms with Crippen molar-refractivity contribution in [1.29, 1.82) is 0 Å². The lowest BCUT2D eigenvalue weighted by Crippen LogP contribution is -1.85. The highest BCUT2D eigenvalue weighted by atomic mass is 127. The molecule has 23 heavy (non-hydrogen) atoms. The van der Waals surface area contributed by atoms with E-state index in [9.17, 15) is 13.3 Å². The monoisotopic (exact) mass is 483 g/mol. The van der Waals surface area contributed by atoms with Gasteiger partial charge in [0.15, 0.2) is 21.2 Å². The second kappa shape index (κ2) is 6.76. The van der Waals surface area contributed by atoms with Crippen LogP contribution >= 0.6 is 37.1 Å². The van der Waals surface area contributed by atoms with E-state index in [1.165, 1.54) is 0 Å². The molecule has 0 fully saturated rings. The number of benzene rings is 2. The molecule has 1 aromatic heterocycles. The van der Waals surface area contributed by atoms with Gasteiger partial charge in [0.2, 0.25) is 0 Å². The van der Waals surface area contributed by atoms with Gasteiger partial charge in [0.05, 0.1) is 10.2 Å². The molecule has 0 aliphatic rings. The van der Waals surface area contributed by atoms with E-state index in [1.807, 2.05) is 18.2 Å². The Labute approximate surface area is 151 Å². The Morgan fingerprint density at radius 3 is 2.70 bits per heavy atom. The number of phenols is 2. The van der Waals surface area contributed by atoms with Gasteiger partial charge in [-0.05, 0) is 52.3 Å². The van der Waals surface area contributed by atoms with Gasteiger partial charge in [-0.3, -0.25) is 3.07 Å². The normalized spacial score (nSPS) is 11.3. The Kier molecular flexibility index (Phi) is 4.72. The molecular formula is C17H11BrINO3. The first kappa shape index (κ1) is 16.1. The zero-order valence-corrected chi connectivity index (χ0v) is 15.4. The van der Waals surface area contributed by atoms with Gasteiger partial charge in [-0.2, -0.15) is 0 Å². The zero-order chi connectivity index (χ0) is 16.4. The summed E-state index contributed by atoms with van der Waals surface area (Å²) < 4.78 is 12.3. The Morgan fingerprint density at radius 1 is 1.09 bits per heavy atom. The number of phenolic OH excluding ortho intramolecular Hbond substituents is 2. The van der Waals surface area contributed by atoms with Crippen molar-refractivity contribution >= 4 is 60.2 Å². The number of nitrogens with zero attached hydrogens (tertiary/aromatic N) is 1. The molecule has 0 aliphatic heterocycles. The second-order valence-corrected chi connectivity index (χ2v) is 7.36. The number of hydrogen-bond donors (Lipinski definition) is 2. The number of para-hydroxylation sites is 1. The van der Waals surface area contributed by atoms with Gasteiger partial charge in [-0.15, -0.1) is 0 Å². The molecule has 2 N–H and O–H groups in total. The third kappa shape index (κ3) is 3.42. The predicted octanol–water partition coefficient (Wildman–Crippen LogP) is 5.06. The van der Waals surface area contributed by atoms with Crippen molar-refractivity contribution in [3.05, 3.63) is 61.8 Å². The second-order valence-electron chi connectivity index (χ2n) is 4.82. The van der Waals surface area contributed by atoms with Gasteiger partial charge < -0.3 is 10.2 Å². The van der Waals surface area contributed by atoms with E-state index in [2.05, 4.69) is 20.9 Å². The van der Waals surface area contributed by atoms with Crippen LogP contribution in [0.5, 0.6) is 11.5 Å². The maximum Gasteiger partial charge on any atom is 0.182 e. The van der Waals surface area contributed by atoms with Crippen LogP contribution in [0.15, 0.2) is 46.9 Å². The summed E-state index contributed by atoms with van der Waals surface area (Å²) >= 11 is 1.95. The molecule has 0 bridgehead atoms. The van der Waals surface area contributed by atoms with Gasteiger partial charge in [0.1, 0.15) is 17.0 Å². The highest BCUT2D eigenvalue weighted by Crippen LogP contribution is 2.32. The minimum atomic E-state index is -1.31. The molecule has 116 valence electrons. The lowest BCUT2D eigenvalue weighted by Gasteiger charge is -2.04. The average molecular weight is 484 g/mol. The summed E-state index contributed by atoms with van der Waals surface area (Å²) in [4.78, 5) is 4.40. The van der Waals surface area contributed by atoms with E-state index in [0.717, 1.165) is 5.39 Å². The van der Waals surface area contributed by atoms with Gasteiger partial charge in [-0.25, -0.2) is 4.98 Å². The van der Waals surface area contributed by atoms with Crippen molar-refractivity contribution in [3.8, 4) is 11.5 Å². The molecule has 0 saturated heterocycles. The van der Waals surface area contributed by atoms with Gasteiger partial charge in [0, 0.05) is 14.5 Å². The number of aromatic hydroxyl groups is 2. The summed E-state index contributed by atoms with van der Waals surface area (Å²) in [7, 11) is 0. The maximum absolute atomic E-state index is 11.1. The molecule has 1 heterocycles. The van der Waals surface area contributed by atoms with Gasteiger partial charge >= 0.3 is 0 Å². The van der Waals surface area contributed by atoms with Crippen LogP contribution in [0.3, 0.4) is 0 Å². The molecule has 3 rings (SSSR count). The van der Waals surface area contributed by atoms with Crippen LogP contribution in [-0.4, -0.2) is 15.2 Å². The molecule has 0 radical (unpaired) electrons. The summed E-state index contributed by atoms with van der Waals surface area (Å²) in [6.45, 7) is 0. The number of fused-ring (bicyclic) bond motifs is 1. The third-order valence-corrected chi connectivity index (χ3v) is 5.04. The van der Waals surface area contributed by atoms with Crippen molar-refractivity contribution in [2.75, 3.05) is 0 Å². The van der Waals surface area contributed by atoms with E-state index in [0.29, 0.717) is 24.8 Å². The fraction of sp³-hybridized carbons (Fsp3) is 0. The standard InChI is InChI=1S/C17H11BrINO3/c18-14-9-12(19-23)8-11(17(14)22)5-7-13-6-4-10-2-1-3-15(21)16(10)20-13/h1-9,21-22H/b7-5+. The number of halogens is 2. The van der Waals surface area contributed by atoms with E-state index in [-0.39, 0.29) is 11.5 Å². The Bertz CT molecular complexity index is 941. The van der Waals surface area contributed by atoms with E-state index in [1.54, 1.807) is 36.4 Å². The number of hydrogen-bond acceptors (Lipinski definition) is 4. The molecule has 6 heteroatoms. The fourth-order valence-corrected chi connectivity index (χ4v) is 3.98. The highest BCUT2D eigenvalue weighted by molar-refractivity contribution is 14.1. The summed E-state index contributed by atoms with van der Waals surface area (Å²) in [6, 6.07) is 12.3. The molecule has 0 aliphatic carbocycles. The lowest BCUT2D eigenvalue weighted by molar-refractivity contribution is 0.470. The first-order valence-corrected chi connectivity index (χ1v) is 9.40. The maximum atomic E-state index is 11.1. The molecule has 0 unspecified atom stereocenters. The minimum absolute atomic E-state index is 0.0890. The van der Waals surface area contributed by atoms with E-state index >= 15 is 0 Å². The van der Waals surface area contributed by atoms with E-state index in [4.69, 9.17) is 0 Å². The number of rotatable bonds is 3. The van der Waals surface area contributed by atoms with Gasteiger partial charge in [0.25, 0.3) is 0 Å². The summed E-state index contributed by atoms with van der Waals surface area (Å²) in [5.41, 5.74) is 1.74. The molecule has 0 saturated carbocycles. The van der Waals surface area contributed by atoms with Crippen LogP contribution in [-0.2, 0) is 3.07 Å². The van der Waals surface area contributed by atoms with Gasteiger partial charge in [-0.1, -0.05) is 18.2 Å². The van der Waals surface area contributed by atoms with Crippen molar-refractivity contribution in [3.63, 3.8) is 0 Å². The third-order valence-electron chi connectivity index (χ3n) is 3.30.